The summed E-state index contributed by atoms with van der Waals surface area (Å²) < 4.78 is 54.5. The van der Waals surface area contributed by atoms with E-state index in [1.807, 2.05) is 0 Å². The second-order valence-corrected chi connectivity index (χ2v) is 8.64. The van der Waals surface area contributed by atoms with Gasteiger partial charge in [-0.25, -0.2) is 13.2 Å². The molecule has 2 aromatic carbocycles. The fourth-order valence-electron chi connectivity index (χ4n) is 4.49. The zero-order valence-corrected chi connectivity index (χ0v) is 19.1. The van der Waals surface area contributed by atoms with Gasteiger partial charge in [-0.3, -0.25) is 9.59 Å². The molecule has 1 aliphatic carbocycles. The van der Waals surface area contributed by atoms with Crippen LogP contribution < -0.4 is 10.2 Å². The second-order valence-electron chi connectivity index (χ2n) is 8.64. The van der Waals surface area contributed by atoms with Crippen molar-refractivity contribution in [2.45, 2.75) is 52.2 Å². The van der Waals surface area contributed by atoms with E-state index < -0.39 is 17.5 Å². The molecule has 0 aliphatic heterocycles. The Morgan fingerprint density at radius 1 is 1.06 bits per heavy atom. The lowest BCUT2D eigenvalue weighted by Gasteiger charge is -2.28. The first-order chi connectivity index (χ1) is 16.3. The van der Waals surface area contributed by atoms with Crippen LogP contribution in [0.4, 0.5) is 13.2 Å². The number of esters is 1. The molecule has 0 spiro atoms. The molecule has 0 N–H and O–H groups in total. The van der Waals surface area contributed by atoms with Crippen molar-refractivity contribution in [1.82, 2.24) is 4.57 Å². The summed E-state index contributed by atoms with van der Waals surface area (Å²) in [4.78, 5) is 24.8. The van der Waals surface area contributed by atoms with Gasteiger partial charge in [0, 0.05) is 34.8 Å². The van der Waals surface area contributed by atoms with E-state index in [2.05, 4.69) is 0 Å². The first kappa shape index (κ1) is 23.9. The third kappa shape index (κ3) is 4.95. The molecule has 0 radical (unpaired) electrons. The highest BCUT2D eigenvalue weighted by molar-refractivity contribution is 5.81. The summed E-state index contributed by atoms with van der Waals surface area (Å²) in [5.41, 5.74) is 0.395. The van der Waals surface area contributed by atoms with E-state index in [1.165, 1.54) is 6.20 Å². The molecule has 1 aliphatic rings. The number of rotatable bonds is 6. The van der Waals surface area contributed by atoms with Crippen molar-refractivity contribution >= 4 is 16.9 Å². The van der Waals surface area contributed by atoms with Gasteiger partial charge in [-0.15, -0.1) is 0 Å². The van der Waals surface area contributed by atoms with Gasteiger partial charge in [0.05, 0.1) is 30.7 Å². The number of hydrogen-bond donors (Lipinski definition) is 0. The summed E-state index contributed by atoms with van der Waals surface area (Å²) >= 11 is 0. The third-order valence-corrected chi connectivity index (χ3v) is 6.26. The van der Waals surface area contributed by atoms with E-state index in [1.54, 1.807) is 36.6 Å². The zero-order valence-electron chi connectivity index (χ0n) is 19.1. The topological polar surface area (TPSA) is 57.5 Å². The van der Waals surface area contributed by atoms with Crippen LogP contribution >= 0.6 is 0 Å². The van der Waals surface area contributed by atoms with E-state index in [0.717, 1.165) is 0 Å². The monoisotopic (exact) mass is 473 g/mol. The normalized spacial score (nSPS) is 18.1. The Labute approximate surface area is 195 Å². The zero-order chi connectivity index (χ0) is 24.4. The van der Waals surface area contributed by atoms with Crippen LogP contribution in [0.25, 0.3) is 10.9 Å². The predicted molar refractivity (Wildman–Crippen MR) is 121 cm³/mol. The van der Waals surface area contributed by atoms with Gasteiger partial charge >= 0.3 is 5.97 Å². The Morgan fingerprint density at radius 2 is 1.74 bits per heavy atom. The van der Waals surface area contributed by atoms with Crippen LogP contribution in [-0.2, 0) is 16.1 Å². The van der Waals surface area contributed by atoms with E-state index >= 15 is 0 Å². The van der Waals surface area contributed by atoms with Crippen LogP contribution in [0.2, 0.25) is 0 Å². The van der Waals surface area contributed by atoms with Crippen molar-refractivity contribution in [1.29, 1.82) is 0 Å². The summed E-state index contributed by atoms with van der Waals surface area (Å²) in [6.45, 7) is 3.58. The van der Waals surface area contributed by atoms with Gasteiger partial charge in [0.25, 0.3) is 0 Å². The number of ether oxygens (including phenoxy) is 2. The van der Waals surface area contributed by atoms with Crippen LogP contribution in [0.1, 0.15) is 43.7 Å². The number of halogens is 3. The number of nitrogens with zero attached hydrogens (tertiary/aromatic N) is 1. The molecule has 0 saturated heterocycles. The molecule has 3 aromatic rings. The summed E-state index contributed by atoms with van der Waals surface area (Å²) in [7, 11) is 0. The average molecular weight is 473 g/mol. The molecule has 1 saturated carbocycles. The fourth-order valence-corrected chi connectivity index (χ4v) is 4.49. The SMILES string of the molecule is CCOC(=O)C1CCC(Oc2ccc3c(c2)c(=O)c(C)cn3Cc2c(F)cc(F)cc2F)CC1. The second kappa shape index (κ2) is 9.91. The van der Waals surface area contributed by atoms with Gasteiger partial charge in [-0.05, 0) is 57.7 Å². The molecule has 1 aromatic heterocycles. The summed E-state index contributed by atoms with van der Waals surface area (Å²) in [5, 5.41) is 0.362. The van der Waals surface area contributed by atoms with Crippen LogP contribution in [0.5, 0.6) is 5.75 Å². The summed E-state index contributed by atoms with van der Waals surface area (Å²) in [6, 6.07) is 6.30. The van der Waals surface area contributed by atoms with Gasteiger partial charge < -0.3 is 14.0 Å². The highest BCUT2D eigenvalue weighted by atomic mass is 19.1. The molecule has 8 heteroatoms. The number of aryl methyl sites for hydroxylation is 1. The minimum Gasteiger partial charge on any atom is -0.490 e. The lowest BCUT2D eigenvalue weighted by atomic mass is 9.87. The summed E-state index contributed by atoms with van der Waals surface area (Å²) in [6.07, 6.45) is 4.20. The molecule has 5 nitrogen and oxygen atoms in total. The number of pyridine rings is 1. The molecular formula is C26H26F3NO4. The maximum absolute atomic E-state index is 14.2. The van der Waals surface area contributed by atoms with Gasteiger partial charge in [-0.1, -0.05) is 0 Å². The van der Waals surface area contributed by atoms with E-state index in [4.69, 9.17) is 9.47 Å². The molecule has 180 valence electrons. The number of hydrogen-bond acceptors (Lipinski definition) is 4. The smallest absolute Gasteiger partial charge is 0.308 e. The Bertz CT molecular complexity index is 1260. The molecule has 0 atom stereocenters. The van der Waals surface area contributed by atoms with Crippen molar-refractivity contribution in [3.05, 3.63) is 75.3 Å². The van der Waals surface area contributed by atoms with Gasteiger partial charge in [-0.2, -0.15) is 0 Å². The van der Waals surface area contributed by atoms with Crippen LogP contribution in [-0.4, -0.2) is 23.2 Å². The summed E-state index contributed by atoms with van der Waals surface area (Å²) in [5.74, 6) is -2.73. The molecular weight excluding hydrogens is 447 g/mol. The molecule has 1 fully saturated rings. The van der Waals surface area contributed by atoms with Crippen LogP contribution in [0.15, 0.2) is 41.3 Å². The molecule has 4 rings (SSSR count). The number of carbonyl (C=O) groups is 1. The van der Waals surface area contributed by atoms with E-state index in [-0.39, 0.29) is 35.5 Å². The lowest BCUT2D eigenvalue weighted by Crippen LogP contribution is -2.29. The van der Waals surface area contributed by atoms with Crippen molar-refractivity contribution in [2.75, 3.05) is 6.61 Å². The lowest BCUT2D eigenvalue weighted by molar-refractivity contribution is -0.149. The molecule has 0 amide bonds. The average Bonchev–Trinajstić information content (AvgIpc) is 2.80. The minimum absolute atomic E-state index is 0.0856. The third-order valence-electron chi connectivity index (χ3n) is 6.26. The highest BCUT2D eigenvalue weighted by Gasteiger charge is 2.28. The van der Waals surface area contributed by atoms with Gasteiger partial charge in [0.15, 0.2) is 5.43 Å². The maximum atomic E-state index is 14.2. The largest absolute Gasteiger partial charge is 0.490 e. The number of benzene rings is 2. The Kier molecular flexibility index (Phi) is 6.95. The van der Waals surface area contributed by atoms with Crippen LogP contribution in [0.3, 0.4) is 0 Å². The Balaban J connectivity index is 1.57. The van der Waals surface area contributed by atoms with E-state index in [9.17, 15) is 22.8 Å². The van der Waals surface area contributed by atoms with E-state index in [0.29, 0.717) is 66.6 Å². The Hall–Kier alpha value is -3.29. The maximum Gasteiger partial charge on any atom is 0.308 e. The first-order valence-corrected chi connectivity index (χ1v) is 11.4. The first-order valence-electron chi connectivity index (χ1n) is 11.4. The van der Waals surface area contributed by atoms with Crippen molar-refractivity contribution in [2.24, 2.45) is 5.92 Å². The predicted octanol–water partition coefficient (Wildman–Crippen LogP) is 5.28. The molecule has 0 unspecified atom stereocenters. The molecule has 34 heavy (non-hydrogen) atoms. The number of aromatic nitrogens is 1. The van der Waals surface area contributed by atoms with Crippen LogP contribution in [0, 0.1) is 30.3 Å². The standard InChI is InChI=1S/C26H26F3NO4/c1-3-33-26(32)16-4-6-18(7-5-16)34-19-8-9-24-20(12-19)25(31)15(2)13-30(24)14-21-22(28)10-17(27)11-23(21)29/h8-13,16,18H,3-7,14H2,1-2H3. The van der Waals surface area contributed by atoms with Gasteiger partial charge in [0.1, 0.15) is 23.2 Å². The minimum atomic E-state index is -0.988. The van der Waals surface area contributed by atoms with Gasteiger partial charge in [0.2, 0.25) is 0 Å². The quantitative estimate of drug-likeness (QED) is 0.458. The van der Waals surface area contributed by atoms with Crippen molar-refractivity contribution in [3.63, 3.8) is 0 Å². The molecule has 0 bridgehead atoms. The van der Waals surface area contributed by atoms with Crippen molar-refractivity contribution < 1.29 is 27.4 Å². The highest BCUT2D eigenvalue weighted by Crippen LogP contribution is 2.30. The fraction of sp³-hybridized carbons (Fsp3) is 0.385. The Morgan fingerprint density at radius 3 is 2.38 bits per heavy atom. The van der Waals surface area contributed by atoms with Crippen molar-refractivity contribution in [3.8, 4) is 5.75 Å². The number of fused-ring (bicyclic) bond motifs is 1. The molecule has 1 heterocycles. The number of carbonyl (C=O) groups excluding carboxylic acids is 1.